The van der Waals surface area contributed by atoms with E-state index in [1.54, 1.807) is 0 Å². The van der Waals surface area contributed by atoms with Crippen LogP contribution in [0.5, 0.6) is 0 Å². The van der Waals surface area contributed by atoms with Gasteiger partial charge in [0.05, 0.1) is 30.6 Å². The highest BCUT2D eigenvalue weighted by Gasteiger charge is 2.25. The van der Waals surface area contributed by atoms with Gasteiger partial charge in [0.25, 0.3) is 0 Å². The van der Waals surface area contributed by atoms with E-state index in [1.165, 1.54) is 0 Å². The first kappa shape index (κ1) is 12.4. The molecule has 0 bridgehead atoms. The number of aryl methyl sites for hydroxylation is 1. The van der Waals surface area contributed by atoms with Gasteiger partial charge in [-0.05, 0) is 24.9 Å². The molecular weight excluding hydrogens is 240 g/mol. The molecule has 1 unspecified atom stereocenters. The molecule has 17 heavy (non-hydrogen) atoms. The van der Waals surface area contributed by atoms with Crippen molar-refractivity contribution in [2.75, 3.05) is 30.4 Å². The second kappa shape index (κ2) is 5.06. The fourth-order valence-electron chi connectivity index (χ4n) is 2.02. The largest absolute Gasteiger partial charge is 0.394 e. The van der Waals surface area contributed by atoms with Crippen LogP contribution in [-0.4, -0.2) is 35.8 Å². The van der Waals surface area contributed by atoms with Crippen molar-refractivity contribution in [1.82, 2.24) is 9.97 Å². The molecule has 2 N–H and O–H groups in total. The highest BCUT2D eigenvalue weighted by Crippen LogP contribution is 2.28. The summed E-state index contributed by atoms with van der Waals surface area (Å²) in [6, 6.07) is 0.302. The lowest BCUT2D eigenvalue weighted by atomic mass is 10.1. The molecule has 1 aromatic heterocycles. The molecular formula is C11H17ClN4O. The Morgan fingerprint density at radius 2 is 2.29 bits per heavy atom. The number of hydrogen-bond acceptors (Lipinski definition) is 5. The van der Waals surface area contributed by atoms with Crippen LogP contribution in [0.1, 0.15) is 19.0 Å². The first-order chi connectivity index (χ1) is 8.13. The number of nitrogens with two attached hydrogens (primary N) is 1. The van der Waals surface area contributed by atoms with Crippen LogP contribution in [0.3, 0.4) is 0 Å². The van der Waals surface area contributed by atoms with Gasteiger partial charge in [0, 0.05) is 6.54 Å². The van der Waals surface area contributed by atoms with Crippen molar-refractivity contribution < 1.29 is 4.74 Å². The summed E-state index contributed by atoms with van der Waals surface area (Å²) in [6.07, 6.45) is 0.986. The Hall–Kier alpha value is -1.07. The van der Waals surface area contributed by atoms with Gasteiger partial charge in [-0.25, -0.2) is 4.98 Å². The molecule has 2 rings (SSSR count). The van der Waals surface area contributed by atoms with Gasteiger partial charge in [0.15, 0.2) is 5.82 Å². The molecule has 1 aliphatic heterocycles. The molecule has 2 heterocycles. The Morgan fingerprint density at radius 1 is 1.53 bits per heavy atom. The van der Waals surface area contributed by atoms with Crippen LogP contribution in [0, 0.1) is 6.92 Å². The fourth-order valence-corrected chi connectivity index (χ4v) is 2.23. The number of nitrogen functional groups attached to an aromatic ring is 1. The molecule has 1 saturated heterocycles. The second-order valence-corrected chi connectivity index (χ2v) is 4.48. The van der Waals surface area contributed by atoms with Crippen molar-refractivity contribution in [2.45, 2.75) is 26.3 Å². The van der Waals surface area contributed by atoms with E-state index < -0.39 is 0 Å². The third-order valence-corrected chi connectivity index (χ3v) is 3.23. The van der Waals surface area contributed by atoms with E-state index in [9.17, 15) is 0 Å². The van der Waals surface area contributed by atoms with Gasteiger partial charge in [0.2, 0.25) is 5.28 Å². The zero-order valence-corrected chi connectivity index (χ0v) is 10.9. The molecule has 0 aliphatic carbocycles. The van der Waals surface area contributed by atoms with Crippen molar-refractivity contribution in [3.05, 3.63) is 11.0 Å². The van der Waals surface area contributed by atoms with Gasteiger partial charge in [-0.15, -0.1) is 0 Å². The van der Waals surface area contributed by atoms with E-state index in [2.05, 4.69) is 21.8 Å². The number of morpholine rings is 1. The zero-order chi connectivity index (χ0) is 12.4. The maximum atomic E-state index is 6.03. The van der Waals surface area contributed by atoms with Gasteiger partial charge in [-0.2, -0.15) is 4.98 Å². The summed E-state index contributed by atoms with van der Waals surface area (Å²) in [4.78, 5) is 10.5. The van der Waals surface area contributed by atoms with Crippen LogP contribution in [0.15, 0.2) is 0 Å². The third kappa shape index (κ3) is 2.45. The first-order valence-electron chi connectivity index (χ1n) is 5.77. The molecule has 1 aromatic rings. The minimum absolute atomic E-state index is 0.244. The molecule has 0 radical (unpaired) electrons. The lowest BCUT2D eigenvalue weighted by molar-refractivity contribution is 0.0926. The standard InChI is InChI=1S/C11H17ClN4O/c1-3-8-6-17-5-4-16(8)10-9(13)7(2)14-11(12)15-10/h8H,3-6,13H2,1-2H3. The molecule has 6 heteroatoms. The highest BCUT2D eigenvalue weighted by atomic mass is 35.5. The van der Waals surface area contributed by atoms with E-state index >= 15 is 0 Å². The average molecular weight is 257 g/mol. The van der Waals surface area contributed by atoms with Crippen molar-refractivity contribution in [1.29, 1.82) is 0 Å². The topological polar surface area (TPSA) is 64.3 Å². The number of halogens is 1. The van der Waals surface area contributed by atoms with E-state index in [4.69, 9.17) is 22.1 Å². The molecule has 0 amide bonds. The van der Waals surface area contributed by atoms with Gasteiger partial charge < -0.3 is 15.4 Å². The molecule has 0 saturated carbocycles. The first-order valence-corrected chi connectivity index (χ1v) is 6.15. The van der Waals surface area contributed by atoms with Crippen LogP contribution in [0.25, 0.3) is 0 Å². The third-order valence-electron chi connectivity index (χ3n) is 3.06. The number of hydrogen-bond donors (Lipinski definition) is 1. The minimum atomic E-state index is 0.244. The Balaban J connectivity index is 2.37. The normalized spacial score (nSPS) is 20.6. The molecule has 5 nitrogen and oxygen atoms in total. The van der Waals surface area contributed by atoms with Gasteiger partial charge >= 0.3 is 0 Å². The molecule has 94 valence electrons. The number of ether oxygens (including phenoxy) is 1. The van der Waals surface area contributed by atoms with Gasteiger partial charge in [0.1, 0.15) is 0 Å². The van der Waals surface area contributed by atoms with E-state index in [0.717, 1.165) is 24.5 Å². The van der Waals surface area contributed by atoms with Crippen LogP contribution in [-0.2, 0) is 4.74 Å². The molecule has 1 aliphatic rings. The predicted octanol–water partition coefficient (Wildman–Crippen LogP) is 1.64. The highest BCUT2D eigenvalue weighted by molar-refractivity contribution is 6.28. The lowest BCUT2D eigenvalue weighted by Gasteiger charge is -2.36. The Kier molecular flexibility index (Phi) is 3.69. The SMILES string of the molecule is CCC1COCCN1c1nc(Cl)nc(C)c1N. The maximum Gasteiger partial charge on any atom is 0.224 e. The summed E-state index contributed by atoms with van der Waals surface area (Å²) in [5.74, 6) is 0.734. The quantitative estimate of drug-likeness (QED) is 0.815. The van der Waals surface area contributed by atoms with E-state index in [0.29, 0.717) is 24.9 Å². The monoisotopic (exact) mass is 256 g/mol. The molecule has 1 fully saturated rings. The summed E-state index contributed by atoms with van der Waals surface area (Å²) in [5, 5.41) is 0.244. The van der Waals surface area contributed by atoms with Crippen LogP contribution < -0.4 is 10.6 Å². The van der Waals surface area contributed by atoms with Crippen LogP contribution in [0.2, 0.25) is 5.28 Å². The Labute approximate surface area is 106 Å². The Morgan fingerprint density at radius 3 is 3.00 bits per heavy atom. The summed E-state index contributed by atoms with van der Waals surface area (Å²) in [5.41, 5.74) is 7.36. The van der Waals surface area contributed by atoms with Crippen molar-refractivity contribution in [3.63, 3.8) is 0 Å². The van der Waals surface area contributed by atoms with Gasteiger partial charge in [-0.3, -0.25) is 0 Å². The predicted molar refractivity (Wildman–Crippen MR) is 68.4 cm³/mol. The van der Waals surface area contributed by atoms with Crippen molar-refractivity contribution in [2.24, 2.45) is 0 Å². The minimum Gasteiger partial charge on any atom is -0.394 e. The molecule has 0 spiro atoms. The second-order valence-electron chi connectivity index (χ2n) is 4.15. The van der Waals surface area contributed by atoms with Crippen LogP contribution >= 0.6 is 11.6 Å². The summed E-state index contributed by atoms with van der Waals surface area (Å²) in [6.45, 7) is 6.15. The maximum absolute atomic E-state index is 6.03. The molecule has 1 atom stereocenters. The lowest BCUT2D eigenvalue weighted by Crippen LogP contribution is -2.46. The van der Waals surface area contributed by atoms with Crippen molar-refractivity contribution >= 4 is 23.1 Å². The number of rotatable bonds is 2. The average Bonchev–Trinajstić information content (AvgIpc) is 2.33. The number of anilines is 2. The Bertz CT molecular complexity index is 413. The van der Waals surface area contributed by atoms with Gasteiger partial charge in [-0.1, -0.05) is 6.92 Å². The zero-order valence-electron chi connectivity index (χ0n) is 10.1. The van der Waals surface area contributed by atoms with E-state index in [1.807, 2.05) is 6.92 Å². The van der Waals surface area contributed by atoms with Crippen LogP contribution in [0.4, 0.5) is 11.5 Å². The summed E-state index contributed by atoms with van der Waals surface area (Å²) >= 11 is 5.90. The van der Waals surface area contributed by atoms with Crippen molar-refractivity contribution in [3.8, 4) is 0 Å². The summed E-state index contributed by atoms with van der Waals surface area (Å²) < 4.78 is 5.47. The van der Waals surface area contributed by atoms with E-state index in [-0.39, 0.29) is 5.28 Å². The summed E-state index contributed by atoms with van der Waals surface area (Å²) in [7, 11) is 0. The molecule has 0 aromatic carbocycles. The number of nitrogens with zero attached hydrogens (tertiary/aromatic N) is 3. The smallest absolute Gasteiger partial charge is 0.224 e. The fraction of sp³-hybridized carbons (Fsp3) is 0.636. The number of aromatic nitrogens is 2.